The summed E-state index contributed by atoms with van der Waals surface area (Å²) in [5.41, 5.74) is 0. The summed E-state index contributed by atoms with van der Waals surface area (Å²) >= 11 is 0. The Morgan fingerprint density at radius 2 is 2.15 bits per heavy atom. The second kappa shape index (κ2) is 6.91. The molecular formula is C14H20N4O2. The van der Waals surface area contributed by atoms with E-state index in [1.54, 1.807) is 6.26 Å². The zero-order chi connectivity index (χ0) is 14.4. The van der Waals surface area contributed by atoms with Crippen molar-refractivity contribution in [1.82, 2.24) is 9.97 Å². The Labute approximate surface area is 118 Å². The summed E-state index contributed by atoms with van der Waals surface area (Å²) < 4.78 is 10.7. The summed E-state index contributed by atoms with van der Waals surface area (Å²) in [5.74, 6) is 3.00. The molecule has 2 N–H and O–H groups in total. The van der Waals surface area contributed by atoms with E-state index in [1.807, 2.05) is 39.1 Å². The average molecular weight is 276 g/mol. The van der Waals surface area contributed by atoms with Crippen LogP contribution in [0, 0.1) is 0 Å². The number of ether oxygens (including phenoxy) is 1. The van der Waals surface area contributed by atoms with Crippen molar-refractivity contribution < 1.29 is 9.15 Å². The highest BCUT2D eigenvalue weighted by atomic mass is 16.5. The molecular weight excluding hydrogens is 256 g/mol. The average Bonchev–Trinajstić information content (AvgIpc) is 2.99. The number of hydrogen-bond acceptors (Lipinski definition) is 6. The lowest BCUT2D eigenvalue weighted by molar-refractivity contribution is 0.128. The maximum Gasteiger partial charge on any atom is 0.158 e. The molecule has 1 unspecified atom stereocenters. The molecule has 1 atom stereocenters. The van der Waals surface area contributed by atoms with Gasteiger partial charge in [-0.15, -0.1) is 0 Å². The molecule has 0 aliphatic rings. The second-order valence-corrected chi connectivity index (χ2v) is 4.32. The molecule has 108 valence electrons. The summed E-state index contributed by atoms with van der Waals surface area (Å²) in [4.78, 5) is 8.79. The van der Waals surface area contributed by atoms with Crippen LogP contribution in [0.5, 0.6) is 0 Å². The predicted molar refractivity (Wildman–Crippen MR) is 77.7 cm³/mol. The van der Waals surface area contributed by atoms with Gasteiger partial charge < -0.3 is 19.8 Å². The summed E-state index contributed by atoms with van der Waals surface area (Å²) in [5, 5.41) is 6.32. The second-order valence-electron chi connectivity index (χ2n) is 4.32. The Morgan fingerprint density at radius 1 is 1.35 bits per heavy atom. The highest BCUT2D eigenvalue weighted by Crippen LogP contribution is 2.20. The standard InChI is InChI=1S/C14H20N4O2/c1-4-19-9-14-17-12(15-3)8-13(18-14)16-10(2)11-6-5-7-20-11/h5-8,10H,4,9H2,1-3H3,(H2,15,16,17,18). The van der Waals surface area contributed by atoms with Crippen LogP contribution in [0.2, 0.25) is 0 Å². The van der Waals surface area contributed by atoms with Crippen LogP contribution >= 0.6 is 0 Å². The fourth-order valence-electron chi connectivity index (χ4n) is 1.79. The van der Waals surface area contributed by atoms with Crippen molar-refractivity contribution in [2.45, 2.75) is 26.5 Å². The van der Waals surface area contributed by atoms with Gasteiger partial charge in [-0.1, -0.05) is 0 Å². The normalized spacial score (nSPS) is 12.2. The van der Waals surface area contributed by atoms with Gasteiger partial charge in [0.25, 0.3) is 0 Å². The third kappa shape index (κ3) is 3.71. The van der Waals surface area contributed by atoms with Gasteiger partial charge in [0.1, 0.15) is 24.0 Å². The Morgan fingerprint density at radius 3 is 2.80 bits per heavy atom. The summed E-state index contributed by atoms with van der Waals surface area (Å²) in [6.07, 6.45) is 1.66. The zero-order valence-corrected chi connectivity index (χ0v) is 12.0. The van der Waals surface area contributed by atoms with Gasteiger partial charge in [0.15, 0.2) is 5.82 Å². The van der Waals surface area contributed by atoms with Crippen LogP contribution in [-0.4, -0.2) is 23.6 Å². The number of aromatic nitrogens is 2. The molecule has 2 aromatic rings. The molecule has 0 saturated heterocycles. The van der Waals surface area contributed by atoms with Gasteiger partial charge in [-0.3, -0.25) is 0 Å². The number of hydrogen-bond donors (Lipinski definition) is 2. The molecule has 0 fully saturated rings. The minimum atomic E-state index is 0.0320. The number of nitrogens with zero attached hydrogens (tertiary/aromatic N) is 2. The van der Waals surface area contributed by atoms with Gasteiger partial charge >= 0.3 is 0 Å². The maximum absolute atomic E-state index is 5.37. The molecule has 0 aliphatic heterocycles. The first-order chi connectivity index (χ1) is 9.72. The van der Waals surface area contributed by atoms with E-state index in [1.165, 1.54) is 0 Å². The van der Waals surface area contributed by atoms with Crippen molar-refractivity contribution in [3.05, 3.63) is 36.0 Å². The minimum absolute atomic E-state index is 0.0320. The van der Waals surface area contributed by atoms with Gasteiger partial charge in [0.2, 0.25) is 0 Å². The third-order valence-corrected chi connectivity index (χ3v) is 2.80. The molecule has 6 nitrogen and oxygen atoms in total. The molecule has 0 aliphatic carbocycles. The van der Waals surface area contributed by atoms with E-state index in [9.17, 15) is 0 Å². The van der Waals surface area contributed by atoms with E-state index < -0.39 is 0 Å². The molecule has 2 rings (SSSR count). The van der Waals surface area contributed by atoms with E-state index in [-0.39, 0.29) is 6.04 Å². The van der Waals surface area contributed by atoms with Crippen LogP contribution in [0.25, 0.3) is 0 Å². The van der Waals surface area contributed by atoms with Gasteiger partial charge in [-0.05, 0) is 26.0 Å². The summed E-state index contributed by atoms with van der Waals surface area (Å²) in [6, 6.07) is 5.69. The molecule has 0 amide bonds. The van der Waals surface area contributed by atoms with E-state index in [4.69, 9.17) is 9.15 Å². The smallest absolute Gasteiger partial charge is 0.158 e. The van der Waals surface area contributed by atoms with Crippen LogP contribution in [0.4, 0.5) is 11.6 Å². The fourth-order valence-corrected chi connectivity index (χ4v) is 1.79. The third-order valence-electron chi connectivity index (χ3n) is 2.80. The van der Waals surface area contributed by atoms with Crippen LogP contribution in [0.1, 0.15) is 31.5 Å². The molecule has 0 bridgehead atoms. The van der Waals surface area contributed by atoms with Crippen molar-refractivity contribution >= 4 is 11.6 Å². The molecule has 2 heterocycles. The molecule has 0 saturated carbocycles. The highest BCUT2D eigenvalue weighted by Gasteiger charge is 2.10. The van der Waals surface area contributed by atoms with Crippen LogP contribution < -0.4 is 10.6 Å². The number of nitrogens with one attached hydrogen (secondary N) is 2. The van der Waals surface area contributed by atoms with Crippen molar-refractivity contribution in [3.8, 4) is 0 Å². The molecule has 0 radical (unpaired) electrons. The Balaban J connectivity index is 2.13. The van der Waals surface area contributed by atoms with Crippen LogP contribution in [0.15, 0.2) is 28.9 Å². The van der Waals surface area contributed by atoms with Gasteiger partial charge in [0.05, 0.1) is 12.3 Å². The van der Waals surface area contributed by atoms with E-state index in [0.717, 1.165) is 17.4 Å². The number of anilines is 2. The van der Waals surface area contributed by atoms with Crippen LogP contribution in [-0.2, 0) is 11.3 Å². The fraction of sp³-hybridized carbons (Fsp3) is 0.429. The van der Waals surface area contributed by atoms with E-state index in [0.29, 0.717) is 19.0 Å². The zero-order valence-electron chi connectivity index (χ0n) is 12.0. The number of rotatable bonds is 7. The SMILES string of the molecule is CCOCc1nc(NC)cc(NC(C)c2ccco2)n1. The molecule has 6 heteroatoms. The lowest BCUT2D eigenvalue weighted by atomic mass is 10.2. The topological polar surface area (TPSA) is 72.2 Å². The lowest BCUT2D eigenvalue weighted by Crippen LogP contribution is -2.10. The molecule has 2 aromatic heterocycles. The molecule has 0 aromatic carbocycles. The Kier molecular flexibility index (Phi) is 4.95. The first kappa shape index (κ1) is 14.3. The Hall–Kier alpha value is -2.08. The number of furan rings is 1. The molecule has 20 heavy (non-hydrogen) atoms. The van der Waals surface area contributed by atoms with Crippen molar-refractivity contribution in [2.75, 3.05) is 24.3 Å². The van der Waals surface area contributed by atoms with Gasteiger partial charge in [0, 0.05) is 19.7 Å². The monoisotopic (exact) mass is 276 g/mol. The molecule has 0 spiro atoms. The largest absolute Gasteiger partial charge is 0.467 e. The summed E-state index contributed by atoms with van der Waals surface area (Å²) in [7, 11) is 1.83. The van der Waals surface area contributed by atoms with Crippen molar-refractivity contribution in [1.29, 1.82) is 0 Å². The van der Waals surface area contributed by atoms with Crippen molar-refractivity contribution in [3.63, 3.8) is 0 Å². The van der Waals surface area contributed by atoms with Gasteiger partial charge in [-0.25, -0.2) is 9.97 Å². The first-order valence-electron chi connectivity index (χ1n) is 6.66. The quantitative estimate of drug-likeness (QED) is 0.810. The lowest BCUT2D eigenvalue weighted by Gasteiger charge is -2.14. The first-order valence-corrected chi connectivity index (χ1v) is 6.66. The van der Waals surface area contributed by atoms with Crippen molar-refractivity contribution in [2.24, 2.45) is 0 Å². The van der Waals surface area contributed by atoms with E-state index >= 15 is 0 Å². The maximum atomic E-state index is 5.37. The highest BCUT2D eigenvalue weighted by molar-refractivity contribution is 5.48. The van der Waals surface area contributed by atoms with E-state index in [2.05, 4.69) is 20.6 Å². The summed E-state index contributed by atoms with van der Waals surface area (Å²) in [6.45, 7) is 5.00. The minimum Gasteiger partial charge on any atom is -0.467 e. The van der Waals surface area contributed by atoms with Crippen LogP contribution in [0.3, 0.4) is 0 Å². The Bertz CT molecular complexity index is 528. The van der Waals surface area contributed by atoms with Gasteiger partial charge in [-0.2, -0.15) is 0 Å². The predicted octanol–water partition coefficient (Wildman–Crippen LogP) is 2.82.